The SMILES string of the molecule is COc1ccc([C@H]2Sc3ccccc3N(CCN(C)CCc3cccc(OC)c3)C(=O)[C@H]2OC(C)=O)cc1. The molecule has 8 heteroatoms. The number of methoxy groups -OCH3 is 2. The van der Waals surface area contributed by atoms with Crippen LogP contribution in [0.1, 0.15) is 23.3 Å². The first kappa shape index (κ1) is 27.5. The lowest BCUT2D eigenvalue weighted by Gasteiger charge is -2.29. The number of anilines is 1. The molecule has 0 saturated heterocycles. The highest BCUT2D eigenvalue weighted by molar-refractivity contribution is 7.99. The Morgan fingerprint density at radius 3 is 2.39 bits per heavy atom. The molecule has 1 aliphatic rings. The van der Waals surface area contributed by atoms with Crippen LogP contribution in [0, 0.1) is 0 Å². The Morgan fingerprint density at radius 2 is 1.68 bits per heavy atom. The van der Waals surface area contributed by atoms with Crippen LogP contribution in [0.2, 0.25) is 0 Å². The standard InChI is InChI=1S/C30H34N2O5S/c1-21(33)37-28-29(23-12-14-24(35-3)15-13-23)38-27-11-6-5-10-26(27)32(30(28)34)19-18-31(2)17-16-22-8-7-9-25(20-22)36-4/h5-15,20,28-29H,16-19H2,1-4H3/t28-,29+/m0/s1. The molecule has 0 unspecified atom stereocenters. The maximum absolute atomic E-state index is 14.0. The van der Waals surface area contributed by atoms with Gasteiger partial charge in [-0.15, -0.1) is 11.8 Å². The maximum Gasteiger partial charge on any atom is 0.303 e. The minimum absolute atomic E-state index is 0.223. The summed E-state index contributed by atoms with van der Waals surface area (Å²) in [4.78, 5) is 31.0. The van der Waals surface area contributed by atoms with E-state index in [0.29, 0.717) is 13.1 Å². The molecule has 1 amide bonds. The van der Waals surface area contributed by atoms with E-state index in [1.54, 1.807) is 30.9 Å². The number of carbonyl (C=O) groups excluding carboxylic acids is 2. The van der Waals surface area contributed by atoms with Gasteiger partial charge in [-0.25, -0.2) is 0 Å². The fraction of sp³-hybridized carbons (Fsp3) is 0.333. The van der Waals surface area contributed by atoms with Gasteiger partial charge in [0.05, 0.1) is 25.2 Å². The molecule has 3 aromatic carbocycles. The molecule has 4 rings (SSSR count). The van der Waals surface area contributed by atoms with Crippen LogP contribution in [0.4, 0.5) is 5.69 Å². The summed E-state index contributed by atoms with van der Waals surface area (Å²) in [6, 6.07) is 23.5. The van der Waals surface area contributed by atoms with Gasteiger partial charge in [0, 0.05) is 31.5 Å². The van der Waals surface area contributed by atoms with E-state index >= 15 is 0 Å². The molecule has 2 atom stereocenters. The van der Waals surface area contributed by atoms with Crippen LogP contribution in [-0.4, -0.2) is 63.8 Å². The van der Waals surface area contributed by atoms with Crippen LogP contribution in [-0.2, 0) is 20.7 Å². The number of benzene rings is 3. The van der Waals surface area contributed by atoms with E-state index in [9.17, 15) is 9.59 Å². The Kier molecular flexibility index (Phi) is 9.31. The molecule has 0 bridgehead atoms. The summed E-state index contributed by atoms with van der Waals surface area (Å²) in [6.07, 6.45) is -0.0932. The third-order valence-corrected chi connectivity index (χ3v) is 7.93. The lowest BCUT2D eigenvalue weighted by molar-refractivity contribution is -0.152. The van der Waals surface area contributed by atoms with Crippen LogP contribution in [0.15, 0.2) is 77.7 Å². The fourth-order valence-electron chi connectivity index (χ4n) is 4.47. The zero-order valence-electron chi connectivity index (χ0n) is 22.3. The second kappa shape index (κ2) is 12.8. The summed E-state index contributed by atoms with van der Waals surface area (Å²) in [6.45, 7) is 3.30. The van der Waals surface area contributed by atoms with Crippen molar-refractivity contribution in [3.8, 4) is 11.5 Å². The number of amides is 1. The monoisotopic (exact) mass is 534 g/mol. The van der Waals surface area contributed by atoms with E-state index in [0.717, 1.165) is 40.6 Å². The molecule has 7 nitrogen and oxygen atoms in total. The summed E-state index contributed by atoms with van der Waals surface area (Å²) in [7, 11) is 5.33. The van der Waals surface area contributed by atoms with Gasteiger partial charge in [-0.2, -0.15) is 0 Å². The minimum Gasteiger partial charge on any atom is -0.497 e. The molecule has 0 radical (unpaired) electrons. The number of thioether (sulfide) groups is 1. The zero-order chi connectivity index (χ0) is 27.1. The van der Waals surface area contributed by atoms with Gasteiger partial charge in [-0.3, -0.25) is 9.59 Å². The van der Waals surface area contributed by atoms with Gasteiger partial charge < -0.3 is 24.0 Å². The third kappa shape index (κ3) is 6.68. The number of para-hydroxylation sites is 1. The van der Waals surface area contributed by atoms with Gasteiger partial charge in [0.15, 0.2) is 6.10 Å². The van der Waals surface area contributed by atoms with E-state index in [1.165, 1.54) is 12.5 Å². The topological polar surface area (TPSA) is 68.3 Å². The predicted octanol–water partition coefficient (Wildman–Crippen LogP) is 4.99. The molecule has 3 aromatic rings. The highest BCUT2D eigenvalue weighted by Crippen LogP contribution is 2.46. The second-order valence-corrected chi connectivity index (χ2v) is 10.4. The zero-order valence-corrected chi connectivity index (χ0v) is 23.1. The Hall–Kier alpha value is -3.49. The van der Waals surface area contributed by atoms with Crippen LogP contribution >= 0.6 is 11.8 Å². The van der Waals surface area contributed by atoms with E-state index in [-0.39, 0.29) is 5.91 Å². The van der Waals surface area contributed by atoms with Crippen LogP contribution in [0.3, 0.4) is 0 Å². The number of nitrogens with zero attached hydrogens (tertiary/aromatic N) is 2. The van der Waals surface area contributed by atoms with Crippen molar-refractivity contribution in [2.24, 2.45) is 0 Å². The van der Waals surface area contributed by atoms with Crippen molar-refractivity contribution in [3.63, 3.8) is 0 Å². The van der Waals surface area contributed by atoms with E-state index < -0.39 is 17.3 Å². The summed E-state index contributed by atoms with van der Waals surface area (Å²) in [5, 5.41) is -0.394. The first-order valence-electron chi connectivity index (χ1n) is 12.6. The average Bonchev–Trinajstić information content (AvgIpc) is 3.05. The largest absolute Gasteiger partial charge is 0.497 e. The number of esters is 1. The Labute approximate surface area is 228 Å². The van der Waals surface area contributed by atoms with Gasteiger partial charge in [-0.05, 0) is 61.0 Å². The van der Waals surface area contributed by atoms with Gasteiger partial charge in [0.25, 0.3) is 5.91 Å². The molecule has 0 N–H and O–H groups in total. The van der Waals surface area contributed by atoms with E-state index in [1.807, 2.05) is 73.8 Å². The van der Waals surface area contributed by atoms with Crippen molar-refractivity contribution in [3.05, 3.63) is 83.9 Å². The number of fused-ring (bicyclic) bond motifs is 1. The van der Waals surface area contributed by atoms with Crippen molar-refractivity contribution in [2.75, 3.05) is 45.8 Å². The number of hydrogen-bond acceptors (Lipinski definition) is 7. The third-order valence-electron chi connectivity index (χ3n) is 6.55. The summed E-state index contributed by atoms with van der Waals surface area (Å²) < 4.78 is 16.3. The molecule has 0 fully saturated rings. The van der Waals surface area contributed by atoms with Gasteiger partial charge in [0.2, 0.25) is 0 Å². The normalized spacial score (nSPS) is 17.1. The second-order valence-electron chi connectivity index (χ2n) is 9.20. The minimum atomic E-state index is -0.958. The van der Waals surface area contributed by atoms with Crippen molar-refractivity contribution < 1.29 is 23.8 Å². The molecule has 0 saturated carbocycles. The van der Waals surface area contributed by atoms with Crippen LogP contribution < -0.4 is 14.4 Å². The number of hydrogen-bond donors (Lipinski definition) is 0. The molecular formula is C30H34N2O5S. The van der Waals surface area contributed by atoms with Gasteiger partial charge in [-0.1, -0.05) is 36.4 Å². The molecule has 0 aliphatic carbocycles. The summed E-state index contributed by atoms with van der Waals surface area (Å²) >= 11 is 1.54. The predicted molar refractivity (Wildman–Crippen MR) is 150 cm³/mol. The molecule has 1 heterocycles. The first-order chi connectivity index (χ1) is 18.4. The van der Waals surface area contributed by atoms with E-state index in [4.69, 9.17) is 14.2 Å². The van der Waals surface area contributed by atoms with Crippen molar-refractivity contribution >= 4 is 29.3 Å². The molecule has 0 aromatic heterocycles. The van der Waals surface area contributed by atoms with Crippen molar-refractivity contribution in [1.82, 2.24) is 4.90 Å². The highest BCUT2D eigenvalue weighted by Gasteiger charge is 2.40. The lowest BCUT2D eigenvalue weighted by Crippen LogP contribution is -2.45. The maximum atomic E-state index is 14.0. The Bertz CT molecular complexity index is 1250. The molecule has 0 spiro atoms. The van der Waals surface area contributed by atoms with Crippen LogP contribution in [0.25, 0.3) is 0 Å². The van der Waals surface area contributed by atoms with Gasteiger partial charge in [0.1, 0.15) is 11.5 Å². The summed E-state index contributed by atoms with van der Waals surface area (Å²) in [5.74, 6) is 0.863. The number of ether oxygens (including phenoxy) is 3. The lowest BCUT2D eigenvalue weighted by atomic mass is 10.1. The van der Waals surface area contributed by atoms with Gasteiger partial charge >= 0.3 is 5.97 Å². The summed E-state index contributed by atoms with van der Waals surface area (Å²) in [5.41, 5.74) is 2.92. The fourth-order valence-corrected chi connectivity index (χ4v) is 5.79. The highest BCUT2D eigenvalue weighted by atomic mass is 32.2. The number of rotatable bonds is 10. The molecule has 200 valence electrons. The smallest absolute Gasteiger partial charge is 0.303 e. The Balaban J connectivity index is 1.54. The van der Waals surface area contributed by atoms with Crippen molar-refractivity contribution in [2.45, 2.75) is 29.6 Å². The number of carbonyl (C=O) groups is 2. The quantitative estimate of drug-likeness (QED) is 0.340. The first-order valence-corrected chi connectivity index (χ1v) is 13.5. The molecule has 1 aliphatic heterocycles. The van der Waals surface area contributed by atoms with E-state index in [2.05, 4.69) is 11.0 Å². The Morgan fingerprint density at radius 1 is 0.947 bits per heavy atom. The molecule has 38 heavy (non-hydrogen) atoms. The van der Waals surface area contributed by atoms with Crippen molar-refractivity contribution in [1.29, 1.82) is 0 Å². The van der Waals surface area contributed by atoms with Crippen LogP contribution in [0.5, 0.6) is 11.5 Å². The average molecular weight is 535 g/mol. The number of likely N-dealkylation sites (N-methyl/N-ethyl adjacent to an activating group) is 1. The molecular weight excluding hydrogens is 500 g/mol.